The SMILES string of the molecule is O=C(COc1ccc(-c2nc3ccccc3s2)cc1)N1CCN(c2ccc(F)cc2)CC1. The van der Waals surface area contributed by atoms with Crippen LogP contribution in [0, 0.1) is 5.82 Å². The second-order valence-corrected chi connectivity index (χ2v) is 8.67. The van der Waals surface area contributed by atoms with Crippen LogP contribution in [0.3, 0.4) is 0 Å². The molecule has 1 amide bonds. The predicted molar refractivity (Wildman–Crippen MR) is 126 cm³/mol. The minimum absolute atomic E-state index is 0.0109. The van der Waals surface area contributed by atoms with E-state index in [0.29, 0.717) is 31.9 Å². The minimum Gasteiger partial charge on any atom is -0.484 e. The summed E-state index contributed by atoms with van der Waals surface area (Å²) in [4.78, 5) is 21.2. The monoisotopic (exact) mass is 447 g/mol. The van der Waals surface area contributed by atoms with Gasteiger partial charge in [0.05, 0.1) is 10.2 Å². The lowest BCUT2D eigenvalue weighted by atomic mass is 10.2. The van der Waals surface area contributed by atoms with Crippen molar-refractivity contribution in [2.45, 2.75) is 0 Å². The molecule has 0 unspecified atom stereocenters. The summed E-state index contributed by atoms with van der Waals surface area (Å²) in [5.41, 5.74) is 3.00. The molecule has 5 nitrogen and oxygen atoms in total. The van der Waals surface area contributed by atoms with Crippen LogP contribution in [0.1, 0.15) is 0 Å². The van der Waals surface area contributed by atoms with Gasteiger partial charge < -0.3 is 14.5 Å². The number of fused-ring (bicyclic) bond motifs is 1. The van der Waals surface area contributed by atoms with Crippen LogP contribution in [0.2, 0.25) is 0 Å². The van der Waals surface area contributed by atoms with Crippen molar-refractivity contribution < 1.29 is 13.9 Å². The molecule has 2 heterocycles. The largest absolute Gasteiger partial charge is 0.484 e. The molecule has 0 atom stereocenters. The number of amides is 1. The van der Waals surface area contributed by atoms with Gasteiger partial charge in [-0.05, 0) is 60.7 Å². The number of thiazole rings is 1. The molecule has 0 bridgehead atoms. The molecular formula is C25H22FN3O2S. The molecule has 1 aromatic heterocycles. The highest BCUT2D eigenvalue weighted by atomic mass is 32.1. The first-order chi connectivity index (χ1) is 15.7. The van der Waals surface area contributed by atoms with Crippen LogP contribution >= 0.6 is 11.3 Å². The number of benzene rings is 3. The lowest BCUT2D eigenvalue weighted by Gasteiger charge is -2.36. The van der Waals surface area contributed by atoms with Gasteiger partial charge in [0.1, 0.15) is 16.6 Å². The molecule has 0 N–H and O–H groups in total. The summed E-state index contributed by atoms with van der Waals surface area (Å²) in [6, 6.07) is 22.2. The van der Waals surface area contributed by atoms with Gasteiger partial charge in [0.25, 0.3) is 5.91 Å². The zero-order valence-electron chi connectivity index (χ0n) is 17.4. The van der Waals surface area contributed by atoms with E-state index in [1.54, 1.807) is 23.5 Å². The van der Waals surface area contributed by atoms with Gasteiger partial charge in [0.2, 0.25) is 0 Å². The van der Waals surface area contributed by atoms with E-state index in [2.05, 4.69) is 16.0 Å². The Morgan fingerprint density at radius 1 is 0.938 bits per heavy atom. The molecule has 0 radical (unpaired) electrons. The van der Waals surface area contributed by atoms with E-state index in [9.17, 15) is 9.18 Å². The third-order valence-corrected chi connectivity index (χ3v) is 6.67. The molecule has 0 aliphatic carbocycles. The first-order valence-corrected chi connectivity index (χ1v) is 11.3. The van der Waals surface area contributed by atoms with E-state index in [1.165, 1.54) is 12.1 Å². The summed E-state index contributed by atoms with van der Waals surface area (Å²) >= 11 is 1.66. The van der Waals surface area contributed by atoms with Crippen molar-refractivity contribution in [3.05, 3.63) is 78.6 Å². The molecule has 162 valence electrons. The van der Waals surface area contributed by atoms with E-state index < -0.39 is 0 Å². The molecule has 4 aromatic rings. The number of halogens is 1. The summed E-state index contributed by atoms with van der Waals surface area (Å²) < 4.78 is 20.0. The number of piperazine rings is 1. The summed E-state index contributed by atoms with van der Waals surface area (Å²) in [6.07, 6.45) is 0. The number of aromatic nitrogens is 1. The molecule has 32 heavy (non-hydrogen) atoms. The number of carbonyl (C=O) groups excluding carboxylic acids is 1. The lowest BCUT2D eigenvalue weighted by Crippen LogP contribution is -2.50. The standard InChI is InChI=1S/C25H22FN3O2S/c26-19-7-9-20(10-8-19)28-13-15-29(16-14-28)24(30)17-31-21-11-5-18(6-12-21)25-27-22-3-1-2-4-23(22)32-25/h1-12H,13-17H2. The molecule has 1 aliphatic heterocycles. The van der Waals surface area contributed by atoms with Crippen molar-refractivity contribution in [1.29, 1.82) is 0 Å². The number of carbonyl (C=O) groups is 1. The average molecular weight is 448 g/mol. The number of rotatable bonds is 5. The maximum absolute atomic E-state index is 13.1. The quantitative estimate of drug-likeness (QED) is 0.440. The normalized spacial score (nSPS) is 14.0. The highest BCUT2D eigenvalue weighted by molar-refractivity contribution is 7.21. The van der Waals surface area contributed by atoms with Gasteiger partial charge in [0, 0.05) is 37.4 Å². The Balaban J connectivity index is 1.14. The van der Waals surface area contributed by atoms with Gasteiger partial charge in [-0.1, -0.05) is 12.1 Å². The van der Waals surface area contributed by atoms with Crippen molar-refractivity contribution >= 4 is 33.1 Å². The summed E-state index contributed by atoms with van der Waals surface area (Å²) in [6.45, 7) is 2.69. The molecule has 1 aliphatic rings. The Kier molecular flexibility index (Phi) is 5.73. The molecule has 1 fully saturated rings. The van der Waals surface area contributed by atoms with Gasteiger partial charge in [-0.25, -0.2) is 9.37 Å². The highest BCUT2D eigenvalue weighted by Gasteiger charge is 2.21. The zero-order valence-corrected chi connectivity index (χ0v) is 18.2. The summed E-state index contributed by atoms with van der Waals surface area (Å²) in [7, 11) is 0. The Hall–Kier alpha value is -3.45. The number of para-hydroxylation sites is 1. The molecule has 7 heteroatoms. The van der Waals surface area contributed by atoms with Crippen LogP contribution in [0.25, 0.3) is 20.8 Å². The third-order valence-electron chi connectivity index (χ3n) is 5.58. The highest BCUT2D eigenvalue weighted by Crippen LogP contribution is 2.30. The first-order valence-electron chi connectivity index (χ1n) is 10.5. The first kappa shape index (κ1) is 20.5. The Labute approximate surface area is 189 Å². The maximum atomic E-state index is 13.1. The van der Waals surface area contributed by atoms with E-state index in [4.69, 9.17) is 4.74 Å². The van der Waals surface area contributed by atoms with Crippen LogP contribution < -0.4 is 9.64 Å². The van der Waals surface area contributed by atoms with Crippen LogP contribution in [0.5, 0.6) is 5.75 Å². The van der Waals surface area contributed by atoms with Crippen molar-refractivity contribution in [1.82, 2.24) is 9.88 Å². The van der Waals surface area contributed by atoms with E-state index in [-0.39, 0.29) is 18.3 Å². The molecule has 1 saturated heterocycles. The summed E-state index contributed by atoms with van der Waals surface area (Å²) in [5.74, 6) is 0.389. The van der Waals surface area contributed by atoms with Crippen LogP contribution in [-0.4, -0.2) is 48.6 Å². The Bertz CT molecular complexity index is 1180. The second kappa shape index (κ2) is 8.96. The molecule has 3 aromatic carbocycles. The van der Waals surface area contributed by atoms with Gasteiger partial charge >= 0.3 is 0 Å². The van der Waals surface area contributed by atoms with E-state index in [1.807, 2.05) is 47.4 Å². The summed E-state index contributed by atoms with van der Waals surface area (Å²) in [5, 5.41) is 0.966. The predicted octanol–water partition coefficient (Wildman–Crippen LogP) is 4.83. The molecule has 0 saturated carbocycles. The van der Waals surface area contributed by atoms with Gasteiger partial charge in [-0.2, -0.15) is 0 Å². The maximum Gasteiger partial charge on any atom is 0.260 e. The molecular weight excluding hydrogens is 425 g/mol. The minimum atomic E-state index is -0.243. The van der Waals surface area contributed by atoms with E-state index in [0.717, 1.165) is 26.5 Å². The van der Waals surface area contributed by atoms with Crippen LogP contribution in [-0.2, 0) is 4.79 Å². The van der Waals surface area contributed by atoms with Crippen molar-refractivity contribution in [3.63, 3.8) is 0 Å². The fourth-order valence-corrected chi connectivity index (χ4v) is 4.76. The molecule has 5 rings (SSSR count). The number of anilines is 1. The zero-order chi connectivity index (χ0) is 21.9. The van der Waals surface area contributed by atoms with Gasteiger partial charge in [-0.15, -0.1) is 11.3 Å². The lowest BCUT2D eigenvalue weighted by molar-refractivity contribution is -0.133. The Morgan fingerprint density at radius 2 is 1.66 bits per heavy atom. The van der Waals surface area contributed by atoms with Crippen molar-refractivity contribution in [2.75, 3.05) is 37.7 Å². The van der Waals surface area contributed by atoms with Crippen molar-refractivity contribution in [2.24, 2.45) is 0 Å². The second-order valence-electron chi connectivity index (χ2n) is 7.64. The topological polar surface area (TPSA) is 45.7 Å². The smallest absolute Gasteiger partial charge is 0.260 e. The number of nitrogens with zero attached hydrogens (tertiary/aromatic N) is 3. The number of hydrogen-bond acceptors (Lipinski definition) is 5. The number of hydrogen-bond donors (Lipinski definition) is 0. The molecule has 0 spiro atoms. The fourth-order valence-electron chi connectivity index (χ4n) is 3.79. The van der Waals surface area contributed by atoms with Crippen LogP contribution in [0.4, 0.5) is 10.1 Å². The number of ether oxygens (including phenoxy) is 1. The van der Waals surface area contributed by atoms with Gasteiger partial charge in [0.15, 0.2) is 6.61 Å². The Morgan fingerprint density at radius 3 is 2.38 bits per heavy atom. The van der Waals surface area contributed by atoms with Crippen molar-refractivity contribution in [3.8, 4) is 16.3 Å². The van der Waals surface area contributed by atoms with Gasteiger partial charge in [-0.3, -0.25) is 4.79 Å². The third kappa shape index (κ3) is 4.43. The average Bonchev–Trinajstić information content (AvgIpc) is 3.28. The van der Waals surface area contributed by atoms with Crippen LogP contribution in [0.15, 0.2) is 72.8 Å². The van der Waals surface area contributed by atoms with E-state index >= 15 is 0 Å². The fraction of sp³-hybridized carbons (Fsp3) is 0.200.